The fourth-order valence-corrected chi connectivity index (χ4v) is 3.10. The van der Waals surface area contributed by atoms with Crippen LogP contribution in [-0.4, -0.2) is 12.7 Å². The smallest absolute Gasteiger partial charge is 0.387 e. The first-order valence-corrected chi connectivity index (χ1v) is 7.34. The van der Waals surface area contributed by atoms with Crippen LogP contribution >= 0.6 is 11.6 Å². The standard InChI is InChI=1S/C15H20ClF2NO/c1-9-3-5-13(10(2)7-9)19-11-4-6-14(12(16)8-11)20-15(17)18/h4,6,8-10,13,15,19H,3,5,7H2,1-2H3. The lowest BCUT2D eigenvalue weighted by molar-refractivity contribution is -0.0497. The predicted octanol–water partition coefficient (Wildman–Crippen LogP) is 5.18. The first kappa shape index (κ1) is 15.4. The minimum absolute atomic E-state index is 0.0116. The molecular weight excluding hydrogens is 284 g/mol. The molecule has 0 aliphatic heterocycles. The molecule has 1 aromatic carbocycles. The van der Waals surface area contributed by atoms with Gasteiger partial charge in [-0.1, -0.05) is 25.4 Å². The zero-order valence-electron chi connectivity index (χ0n) is 11.7. The minimum Gasteiger partial charge on any atom is -0.433 e. The van der Waals surface area contributed by atoms with E-state index in [2.05, 4.69) is 23.9 Å². The van der Waals surface area contributed by atoms with Gasteiger partial charge in [-0.15, -0.1) is 0 Å². The second-order valence-electron chi connectivity index (χ2n) is 5.67. The van der Waals surface area contributed by atoms with Crippen molar-refractivity contribution < 1.29 is 13.5 Å². The van der Waals surface area contributed by atoms with E-state index < -0.39 is 6.61 Å². The number of benzene rings is 1. The zero-order chi connectivity index (χ0) is 14.7. The molecule has 1 aliphatic rings. The van der Waals surface area contributed by atoms with Gasteiger partial charge in [-0.05, 0) is 49.3 Å². The van der Waals surface area contributed by atoms with Crippen molar-refractivity contribution in [2.75, 3.05) is 5.32 Å². The molecule has 0 heterocycles. The van der Waals surface area contributed by atoms with Crippen molar-refractivity contribution >= 4 is 17.3 Å². The van der Waals surface area contributed by atoms with E-state index in [0.717, 1.165) is 18.0 Å². The number of hydrogen-bond donors (Lipinski definition) is 1. The average molecular weight is 304 g/mol. The van der Waals surface area contributed by atoms with Gasteiger partial charge in [-0.3, -0.25) is 0 Å². The van der Waals surface area contributed by atoms with Crippen LogP contribution in [0.15, 0.2) is 18.2 Å². The lowest BCUT2D eigenvalue weighted by Crippen LogP contribution is -2.32. The molecular formula is C15H20ClF2NO. The highest BCUT2D eigenvalue weighted by Crippen LogP contribution is 2.33. The van der Waals surface area contributed by atoms with Gasteiger partial charge in [0.2, 0.25) is 0 Å². The maximum atomic E-state index is 12.2. The van der Waals surface area contributed by atoms with E-state index in [9.17, 15) is 8.78 Å². The van der Waals surface area contributed by atoms with Crippen molar-refractivity contribution in [2.24, 2.45) is 11.8 Å². The topological polar surface area (TPSA) is 21.3 Å². The van der Waals surface area contributed by atoms with Crippen molar-refractivity contribution in [1.29, 1.82) is 0 Å². The molecule has 1 aromatic rings. The Balaban J connectivity index is 2.01. The number of halogens is 3. The van der Waals surface area contributed by atoms with Crippen LogP contribution in [0, 0.1) is 11.8 Å². The highest BCUT2D eigenvalue weighted by molar-refractivity contribution is 6.32. The number of anilines is 1. The van der Waals surface area contributed by atoms with Gasteiger partial charge in [0.05, 0.1) is 5.02 Å². The van der Waals surface area contributed by atoms with E-state index >= 15 is 0 Å². The molecule has 2 rings (SSSR count). The van der Waals surface area contributed by atoms with Crippen molar-refractivity contribution in [2.45, 2.75) is 45.8 Å². The quantitative estimate of drug-likeness (QED) is 0.827. The van der Waals surface area contributed by atoms with Gasteiger partial charge >= 0.3 is 6.61 Å². The molecule has 5 heteroatoms. The molecule has 1 fully saturated rings. The Kier molecular flexibility index (Phi) is 5.08. The van der Waals surface area contributed by atoms with Gasteiger partial charge in [-0.25, -0.2) is 0 Å². The summed E-state index contributed by atoms with van der Waals surface area (Å²) in [6.07, 6.45) is 3.54. The Morgan fingerprint density at radius 3 is 2.65 bits per heavy atom. The van der Waals surface area contributed by atoms with Crippen LogP contribution in [0.2, 0.25) is 5.02 Å². The number of rotatable bonds is 4. The average Bonchev–Trinajstić information content (AvgIpc) is 2.36. The Bertz CT molecular complexity index is 455. The fraction of sp³-hybridized carbons (Fsp3) is 0.600. The number of nitrogens with one attached hydrogen (secondary N) is 1. The number of hydrogen-bond acceptors (Lipinski definition) is 2. The van der Waals surface area contributed by atoms with E-state index in [1.807, 2.05) is 0 Å². The van der Waals surface area contributed by atoms with Crippen molar-refractivity contribution in [3.8, 4) is 5.75 Å². The molecule has 112 valence electrons. The summed E-state index contributed by atoms with van der Waals surface area (Å²) < 4.78 is 28.7. The Labute approximate surface area is 123 Å². The lowest BCUT2D eigenvalue weighted by atomic mass is 9.80. The van der Waals surface area contributed by atoms with E-state index in [0.29, 0.717) is 12.0 Å². The Morgan fingerprint density at radius 1 is 1.30 bits per heavy atom. The van der Waals surface area contributed by atoms with Crippen LogP contribution in [0.3, 0.4) is 0 Å². The second kappa shape index (κ2) is 6.61. The van der Waals surface area contributed by atoms with Crippen molar-refractivity contribution in [1.82, 2.24) is 0 Å². The molecule has 3 atom stereocenters. The van der Waals surface area contributed by atoms with Crippen LogP contribution in [-0.2, 0) is 0 Å². The van der Waals surface area contributed by atoms with Gasteiger partial charge in [-0.2, -0.15) is 8.78 Å². The highest BCUT2D eigenvalue weighted by atomic mass is 35.5. The summed E-state index contributed by atoms with van der Waals surface area (Å²) >= 11 is 5.95. The first-order valence-electron chi connectivity index (χ1n) is 6.96. The predicted molar refractivity (Wildman–Crippen MR) is 77.7 cm³/mol. The number of ether oxygens (including phenoxy) is 1. The molecule has 20 heavy (non-hydrogen) atoms. The van der Waals surface area contributed by atoms with E-state index in [1.165, 1.54) is 18.9 Å². The summed E-state index contributed by atoms with van der Waals surface area (Å²) in [6, 6.07) is 5.26. The summed E-state index contributed by atoms with van der Waals surface area (Å²) in [7, 11) is 0. The van der Waals surface area contributed by atoms with Crippen LogP contribution < -0.4 is 10.1 Å². The number of alkyl halides is 2. The van der Waals surface area contributed by atoms with Crippen LogP contribution in [0.25, 0.3) is 0 Å². The van der Waals surface area contributed by atoms with Gasteiger partial charge in [0.15, 0.2) is 0 Å². The molecule has 0 bridgehead atoms. The van der Waals surface area contributed by atoms with E-state index in [-0.39, 0.29) is 10.8 Å². The molecule has 0 spiro atoms. The molecule has 1 aliphatic carbocycles. The van der Waals surface area contributed by atoms with Gasteiger partial charge < -0.3 is 10.1 Å². The third-order valence-corrected chi connectivity index (χ3v) is 4.23. The molecule has 3 unspecified atom stereocenters. The summed E-state index contributed by atoms with van der Waals surface area (Å²) in [5, 5.41) is 3.65. The van der Waals surface area contributed by atoms with Crippen molar-refractivity contribution in [3.05, 3.63) is 23.2 Å². The second-order valence-corrected chi connectivity index (χ2v) is 6.08. The third kappa shape index (κ3) is 3.98. The molecule has 0 radical (unpaired) electrons. The zero-order valence-corrected chi connectivity index (χ0v) is 12.5. The fourth-order valence-electron chi connectivity index (χ4n) is 2.88. The van der Waals surface area contributed by atoms with Crippen LogP contribution in [0.1, 0.15) is 33.1 Å². The normalized spacial score (nSPS) is 26.6. The summed E-state index contributed by atoms with van der Waals surface area (Å²) in [6.45, 7) is 1.66. The SMILES string of the molecule is CC1CCC(Nc2ccc(OC(F)F)c(Cl)c2)C(C)C1. The largest absolute Gasteiger partial charge is 0.433 e. The molecule has 0 saturated heterocycles. The first-order chi connectivity index (χ1) is 9.45. The van der Waals surface area contributed by atoms with E-state index in [4.69, 9.17) is 11.6 Å². The van der Waals surface area contributed by atoms with E-state index in [1.54, 1.807) is 12.1 Å². The summed E-state index contributed by atoms with van der Waals surface area (Å²) in [5.74, 6) is 1.38. The Hall–Kier alpha value is -1.03. The summed E-state index contributed by atoms with van der Waals surface area (Å²) in [4.78, 5) is 0. The Morgan fingerprint density at radius 2 is 2.05 bits per heavy atom. The molecule has 2 nitrogen and oxygen atoms in total. The third-order valence-electron chi connectivity index (χ3n) is 3.93. The molecule has 0 aromatic heterocycles. The highest BCUT2D eigenvalue weighted by Gasteiger charge is 2.25. The van der Waals surface area contributed by atoms with Crippen LogP contribution in [0.4, 0.5) is 14.5 Å². The maximum Gasteiger partial charge on any atom is 0.387 e. The molecule has 0 amide bonds. The lowest BCUT2D eigenvalue weighted by Gasteiger charge is -2.33. The van der Waals surface area contributed by atoms with Gasteiger partial charge in [0.1, 0.15) is 5.75 Å². The van der Waals surface area contributed by atoms with Gasteiger partial charge in [0, 0.05) is 11.7 Å². The van der Waals surface area contributed by atoms with Crippen LogP contribution in [0.5, 0.6) is 5.75 Å². The van der Waals surface area contributed by atoms with Gasteiger partial charge in [0.25, 0.3) is 0 Å². The monoisotopic (exact) mass is 303 g/mol. The molecule has 1 N–H and O–H groups in total. The minimum atomic E-state index is -2.86. The summed E-state index contributed by atoms with van der Waals surface area (Å²) in [5.41, 5.74) is 0.850. The molecule has 1 saturated carbocycles. The van der Waals surface area contributed by atoms with Crippen molar-refractivity contribution in [3.63, 3.8) is 0 Å². The maximum absolute atomic E-state index is 12.2.